The van der Waals surface area contributed by atoms with Gasteiger partial charge in [0.1, 0.15) is 5.75 Å². The van der Waals surface area contributed by atoms with Crippen LogP contribution in [-0.4, -0.2) is 19.3 Å². The predicted octanol–water partition coefficient (Wildman–Crippen LogP) is 4.27. The van der Waals surface area contributed by atoms with Crippen molar-refractivity contribution >= 4 is 10.0 Å². The van der Waals surface area contributed by atoms with Crippen molar-refractivity contribution in [3.05, 3.63) is 95.1 Å². The van der Waals surface area contributed by atoms with Crippen LogP contribution in [0, 0.1) is 13.8 Å². The number of sulfonamides is 1. The molecule has 2 aliphatic heterocycles. The van der Waals surface area contributed by atoms with Gasteiger partial charge in [-0.25, -0.2) is 8.42 Å². The third kappa shape index (κ3) is 2.79. The Morgan fingerprint density at radius 1 is 0.931 bits per heavy atom. The molecule has 2 bridgehead atoms. The summed E-state index contributed by atoms with van der Waals surface area (Å²) in [7, 11) is -3.78. The third-order valence-corrected chi connectivity index (χ3v) is 7.35. The number of hydrogen-bond donors (Lipinski definition) is 0. The summed E-state index contributed by atoms with van der Waals surface area (Å²) in [6, 6.07) is 22.1. The second-order valence-electron chi connectivity index (χ2n) is 7.55. The summed E-state index contributed by atoms with van der Waals surface area (Å²) < 4.78 is 41.2. The molecule has 2 atom stereocenters. The zero-order valence-electron chi connectivity index (χ0n) is 16.2. The SMILES string of the molecule is Cc1ccc(S(=O)(=O)N2C[C@]3(c4ccccc4)Oc4c(C)cccc4[C@H]2O3)cc1. The van der Waals surface area contributed by atoms with Crippen molar-refractivity contribution < 1.29 is 17.9 Å². The molecular weight excluding hydrogens is 386 g/mol. The molecule has 0 N–H and O–H groups in total. The summed E-state index contributed by atoms with van der Waals surface area (Å²) in [6.07, 6.45) is -0.745. The number of nitrogens with zero attached hydrogens (tertiary/aromatic N) is 1. The number of ether oxygens (including phenoxy) is 2. The van der Waals surface area contributed by atoms with Crippen molar-refractivity contribution in [1.82, 2.24) is 4.31 Å². The summed E-state index contributed by atoms with van der Waals surface area (Å²) in [6.45, 7) is 3.97. The van der Waals surface area contributed by atoms with Gasteiger partial charge >= 0.3 is 0 Å². The molecule has 3 aromatic rings. The van der Waals surface area contributed by atoms with Gasteiger partial charge in [0.25, 0.3) is 5.79 Å². The number of benzene rings is 3. The third-order valence-electron chi connectivity index (χ3n) is 5.54. The number of fused-ring (bicyclic) bond motifs is 4. The summed E-state index contributed by atoms with van der Waals surface area (Å²) in [5, 5.41) is 0. The number of para-hydroxylation sites is 1. The summed E-state index contributed by atoms with van der Waals surface area (Å²) in [5.41, 5.74) is 3.47. The maximum atomic E-state index is 13.5. The lowest BCUT2D eigenvalue weighted by molar-refractivity contribution is -0.194. The molecule has 5 rings (SSSR count). The quantitative estimate of drug-likeness (QED) is 0.651. The fourth-order valence-corrected chi connectivity index (χ4v) is 5.48. The molecule has 148 valence electrons. The van der Waals surface area contributed by atoms with E-state index in [4.69, 9.17) is 9.47 Å². The Labute approximate surface area is 170 Å². The van der Waals surface area contributed by atoms with Gasteiger partial charge in [-0.2, -0.15) is 4.31 Å². The highest BCUT2D eigenvalue weighted by Crippen LogP contribution is 2.53. The fourth-order valence-electron chi connectivity index (χ4n) is 3.98. The van der Waals surface area contributed by atoms with Crippen molar-refractivity contribution in [3.63, 3.8) is 0 Å². The van der Waals surface area contributed by atoms with Gasteiger partial charge in [-0.15, -0.1) is 0 Å². The van der Waals surface area contributed by atoms with Gasteiger partial charge in [0, 0.05) is 11.1 Å². The van der Waals surface area contributed by atoms with Crippen LogP contribution < -0.4 is 4.74 Å². The van der Waals surface area contributed by atoms with Gasteiger partial charge in [0.2, 0.25) is 10.0 Å². The minimum absolute atomic E-state index is 0.0754. The highest BCUT2D eigenvalue weighted by Gasteiger charge is 2.57. The highest BCUT2D eigenvalue weighted by atomic mass is 32.2. The van der Waals surface area contributed by atoms with Crippen LogP contribution in [0.4, 0.5) is 0 Å². The van der Waals surface area contributed by atoms with E-state index in [1.165, 1.54) is 4.31 Å². The van der Waals surface area contributed by atoms with Crippen LogP contribution in [0.2, 0.25) is 0 Å². The van der Waals surface area contributed by atoms with Crippen LogP contribution in [0.1, 0.15) is 28.5 Å². The molecule has 2 heterocycles. The summed E-state index contributed by atoms with van der Waals surface area (Å²) in [5.74, 6) is -0.489. The molecular formula is C23H21NO4S. The normalized spacial score (nSPS) is 23.4. The number of hydrogen-bond acceptors (Lipinski definition) is 4. The Balaban J connectivity index is 1.68. The first-order valence-electron chi connectivity index (χ1n) is 9.51. The van der Waals surface area contributed by atoms with E-state index in [1.54, 1.807) is 24.3 Å². The standard InChI is InChI=1S/C23H21NO4S/c1-16-11-13-19(14-12-16)29(25,26)24-15-23(18-8-4-3-5-9-18)27-21-17(2)7-6-10-20(21)22(24)28-23/h3-14,22H,15H2,1-2H3/t22-,23+/m1/s1. The van der Waals surface area contributed by atoms with Crippen molar-refractivity contribution in [2.24, 2.45) is 0 Å². The maximum absolute atomic E-state index is 13.5. The average Bonchev–Trinajstić information content (AvgIpc) is 3.06. The second kappa shape index (κ2) is 6.42. The molecule has 6 heteroatoms. The van der Waals surface area contributed by atoms with Gasteiger partial charge in [-0.1, -0.05) is 66.2 Å². The molecule has 3 aromatic carbocycles. The largest absolute Gasteiger partial charge is 0.456 e. The first-order valence-corrected chi connectivity index (χ1v) is 11.0. The van der Waals surface area contributed by atoms with E-state index in [1.807, 2.05) is 62.4 Å². The van der Waals surface area contributed by atoms with E-state index in [-0.39, 0.29) is 11.4 Å². The molecule has 1 fully saturated rings. The first-order chi connectivity index (χ1) is 13.9. The summed E-state index contributed by atoms with van der Waals surface area (Å²) >= 11 is 0. The molecule has 0 radical (unpaired) electrons. The molecule has 5 nitrogen and oxygen atoms in total. The lowest BCUT2D eigenvalue weighted by Crippen LogP contribution is -2.39. The zero-order chi connectivity index (χ0) is 20.2. The second-order valence-corrected chi connectivity index (χ2v) is 9.44. The minimum Gasteiger partial charge on any atom is -0.456 e. The molecule has 0 spiro atoms. The molecule has 0 saturated carbocycles. The topological polar surface area (TPSA) is 55.8 Å². The first kappa shape index (κ1) is 18.4. The lowest BCUT2D eigenvalue weighted by Gasteiger charge is -2.35. The predicted molar refractivity (Wildman–Crippen MR) is 109 cm³/mol. The van der Waals surface area contributed by atoms with Gasteiger partial charge in [-0.3, -0.25) is 0 Å². The molecule has 0 aromatic heterocycles. The Kier molecular flexibility index (Phi) is 4.07. The molecule has 1 saturated heterocycles. The van der Waals surface area contributed by atoms with E-state index in [9.17, 15) is 8.42 Å². The van der Waals surface area contributed by atoms with E-state index in [2.05, 4.69) is 0 Å². The molecule has 2 aliphatic rings. The monoisotopic (exact) mass is 407 g/mol. The Hall–Kier alpha value is -2.67. The van der Waals surface area contributed by atoms with Crippen molar-refractivity contribution in [2.45, 2.75) is 30.8 Å². The van der Waals surface area contributed by atoms with E-state index in [0.717, 1.165) is 22.3 Å². The van der Waals surface area contributed by atoms with Crippen LogP contribution in [0.5, 0.6) is 5.75 Å². The molecule has 29 heavy (non-hydrogen) atoms. The number of aryl methyl sites for hydroxylation is 2. The average molecular weight is 407 g/mol. The van der Waals surface area contributed by atoms with Gasteiger partial charge in [0.05, 0.1) is 11.4 Å². The highest BCUT2D eigenvalue weighted by molar-refractivity contribution is 7.89. The van der Waals surface area contributed by atoms with Gasteiger partial charge in [-0.05, 0) is 31.5 Å². The summed E-state index contributed by atoms with van der Waals surface area (Å²) in [4.78, 5) is 0.247. The van der Waals surface area contributed by atoms with Crippen molar-refractivity contribution in [3.8, 4) is 5.75 Å². The van der Waals surface area contributed by atoms with Crippen LogP contribution in [0.15, 0.2) is 77.7 Å². The molecule has 0 aliphatic carbocycles. The Bertz CT molecular complexity index is 1180. The van der Waals surface area contributed by atoms with Gasteiger partial charge in [0.15, 0.2) is 6.23 Å². The smallest absolute Gasteiger partial charge is 0.253 e. The lowest BCUT2D eigenvalue weighted by atomic mass is 10.0. The number of rotatable bonds is 3. The molecule has 0 unspecified atom stereocenters. The molecule has 0 amide bonds. The van der Waals surface area contributed by atoms with E-state index in [0.29, 0.717) is 5.75 Å². The fraction of sp³-hybridized carbons (Fsp3) is 0.217. The van der Waals surface area contributed by atoms with E-state index >= 15 is 0 Å². The van der Waals surface area contributed by atoms with Crippen LogP contribution >= 0.6 is 0 Å². The van der Waals surface area contributed by atoms with Crippen molar-refractivity contribution in [2.75, 3.05) is 6.54 Å². The van der Waals surface area contributed by atoms with Crippen LogP contribution in [0.3, 0.4) is 0 Å². The van der Waals surface area contributed by atoms with Crippen LogP contribution in [-0.2, 0) is 20.5 Å². The zero-order valence-corrected chi connectivity index (χ0v) is 17.0. The van der Waals surface area contributed by atoms with Crippen molar-refractivity contribution in [1.29, 1.82) is 0 Å². The van der Waals surface area contributed by atoms with Crippen LogP contribution in [0.25, 0.3) is 0 Å². The Morgan fingerprint density at radius 2 is 1.66 bits per heavy atom. The maximum Gasteiger partial charge on any atom is 0.253 e. The Morgan fingerprint density at radius 3 is 2.38 bits per heavy atom. The minimum atomic E-state index is -3.78. The van der Waals surface area contributed by atoms with E-state index < -0.39 is 22.0 Å². The van der Waals surface area contributed by atoms with Gasteiger partial charge < -0.3 is 9.47 Å².